The molecular formula is C25H23NO7. The maximum absolute atomic E-state index is 13.2. The molecule has 0 radical (unpaired) electrons. The number of esters is 1. The van der Waals surface area contributed by atoms with Crippen molar-refractivity contribution < 1.29 is 28.7 Å². The van der Waals surface area contributed by atoms with Crippen molar-refractivity contribution in [3.05, 3.63) is 99.1 Å². The second-order valence-corrected chi connectivity index (χ2v) is 6.90. The fourth-order valence-electron chi connectivity index (χ4n) is 3.15. The number of benzene rings is 3. The molecule has 0 saturated heterocycles. The number of hydrogen-bond donors (Lipinski definition) is 0. The van der Waals surface area contributed by atoms with Crippen LogP contribution >= 0.6 is 0 Å². The summed E-state index contributed by atoms with van der Waals surface area (Å²) in [6, 6.07) is 17.0. The van der Waals surface area contributed by atoms with Crippen LogP contribution in [-0.2, 0) is 11.3 Å². The lowest BCUT2D eigenvalue weighted by Gasteiger charge is -2.13. The first kappa shape index (κ1) is 23.5. The average Bonchev–Trinajstić information content (AvgIpc) is 2.83. The summed E-state index contributed by atoms with van der Waals surface area (Å²) in [5.41, 5.74) is 1.19. The highest BCUT2D eigenvalue weighted by molar-refractivity contribution is 6.14. The van der Waals surface area contributed by atoms with Gasteiger partial charge in [0, 0.05) is 23.3 Å². The van der Waals surface area contributed by atoms with Crippen LogP contribution in [0, 0.1) is 10.1 Å². The second kappa shape index (κ2) is 10.9. The lowest BCUT2D eigenvalue weighted by molar-refractivity contribution is -0.384. The van der Waals surface area contributed by atoms with Gasteiger partial charge in [0.1, 0.15) is 6.61 Å². The molecular weight excluding hydrogens is 426 g/mol. The van der Waals surface area contributed by atoms with E-state index in [1.54, 1.807) is 36.4 Å². The van der Waals surface area contributed by atoms with Gasteiger partial charge in [-0.1, -0.05) is 18.2 Å². The van der Waals surface area contributed by atoms with Crippen LogP contribution in [0.1, 0.15) is 45.7 Å². The molecule has 0 bridgehead atoms. The molecule has 0 heterocycles. The number of nitro groups is 1. The van der Waals surface area contributed by atoms with Crippen LogP contribution in [0.2, 0.25) is 0 Å². The molecule has 3 aromatic rings. The molecule has 0 aliphatic carbocycles. The van der Waals surface area contributed by atoms with Crippen molar-refractivity contribution in [1.82, 2.24) is 0 Å². The molecule has 0 atom stereocenters. The molecule has 170 valence electrons. The Morgan fingerprint density at radius 1 is 0.848 bits per heavy atom. The summed E-state index contributed by atoms with van der Waals surface area (Å²) < 4.78 is 16.5. The summed E-state index contributed by atoms with van der Waals surface area (Å²) in [6.07, 6.45) is 0. The number of rotatable bonds is 10. The van der Waals surface area contributed by atoms with Crippen LogP contribution in [0.5, 0.6) is 11.5 Å². The van der Waals surface area contributed by atoms with Crippen LogP contribution in [-0.4, -0.2) is 29.9 Å². The fraction of sp³-hybridized carbons (Fsp3) is 0.200. The Morgan fingerprint density at radius 3 is 2.12 bits per heavy atom. The van der Waals surface area contributed by atoms with E-state index in [-0.39, 0.29) is 29.2 Å². The SMILES string of the molecule is CCOc1ccc(C(=O)c2ccccc2C(=O)OCc2ccc([N+](=O)[O-])cc2)cc1OCC. The Morgan fingerprint density at radius 2 is 1.48 bits per heavy atom. The molecule has 0 aliphatic rings. The average molecular weight is 449 g/mol. The zero-order valence-electron chi connectivity index (χ0n) is 18.3. The molecule has 0 saturated carbocycles. The fourth-order valence-corrected chi connectivity index (χ4v) is 3.15. The molecule has 0 amide bonds. The molecule has 0 spiro atoms. The van der Waals surface area contributed by atoms with Gasteiger partial charge in [-0.05, 0) is 55.8 Å². The highest BCUT2D eigenvalue weighted by atomic mass is 16.6. The Balaban J connectivity index is 1.80. The number of hydrogen-bond acceptors (Lipinski definition) is 7. The second-order valence-electron chi connectivity index (χ2n) is 6.90. The maximum atomic E-state index is 13.2. The van der Waals surface area contributed by atoms with Gasteiger partial charge in [0.05, 0.1) is 23.7 Å². The number of ether oxygens (including phenoxy) is 3. The van der Waals surface area contributed by atoms with Crippen LogP contribution in [0.25, 0.3) is 0 Å². The summed E-state index contributed by atoms with van der Waals surface area (Å²) in [5.74, 6) is -0.0507. The molecule has 0 unspecified atom stereocenters. The van der Waals surface area contributed by atoms with Crippen molar-refractivity contribution in [2.45, 2.75) is 20.5 Å². The van der Waals surface area contributed by atoms with Crippen LogP contribution in [0.3, 0.4) is 0 Å². The Kier molecular flexibility index (Phi) is 7.75. The van der Waals surface area contributed by atoms with Crippen molar-refractivity contribution >= 4 is 17.4 Å². The van der Waals surface area contributed by atoms with Gasteiger partial charge in [-0.3, -0.25) is 14.9 Å². The zero-order valence-corrected chi connectivity index (χ0v) is 18.3. The van der Waals surface area contributed by atoms with Gasteiger partial charge in [-0.2, -0.15) is 0 Å². The lowest BCUT2D eigenvalue weighted by Crippen LogP contribution is -2.13. The predicted octanol–water partition coefficient (Wildman–Crippen LogP) is 4.98. The monoisotopic (exact) mass is 449 g/mol. The number of carbonyl (C=O) groups excluding carboxylic acids is 2. The van der Waals surface area contributed by atoms with E-state index in [4.69, 9.17) is 14.2 Å². The third-order valence-electron chi connectivity index (χ3n) is 4.71. The molecule has 8 heteroatoms. The smallest absolute Gasteiger partial charge is 0.339 e. The summed E-state index contributed by atoms with van der Waals surface area (Å²) >= 11 is 0. The van der Waals surface area contributed by atoms with Gasteiger partial charge >= 0.3 is 5.97 Å². The van der Waals surface area contributed by atoms with Crippen molar-refractivity contribution in [2.75, 3.05) is 13.2 Å². The van der Waals surface area contributed by atoms with Gasteiger partial charge in [-0.25, -0.2) is 4.79 Å². The summed E-state index contributed by atoms with van der Waals surface area (Å²) in [4.78, 5) is 36.2. The quantitative estimate of drug-likeness (QED) is 0.186. The van der Waals surface area contributed by atoms with Gasteiger partial charge in [0.15, 0.2) is 17.3 Å². The first-order valence-electron chi connectivity index (χ1n) is 10.4. The van der Waals surface area contributed by atoms with E-state index in [2.05, 4.69) is 0 Å². The molecule has 3 rings (SSSR count). The third kappa shape index (κ3) is 5.74. The van der Waals surface area contributed by atoms with Gasteiger partial charge in [-0.15, -0.1) is 0 Å². The number of ketones is 1. The lowest BCUT2D eigenvalue weighted by atomic mass is 9.98. The van der Waals surface area contributed by atoms with Crippen LogP contribution < -0.4 is 9.47 Å². The maximum Gasteiger partial charge on any atom is 0.339 e. The highest BCUT2D eigenvalue weighted by Crippen LogP contribution is 2.30. The molecule has 0 fully saturated rings. The minimum Gasteiger partial charge on any atom is -0.490 e. The largest absolute Gasteiger partial charge is 0.490 e. The topological polar surface area (TPSA) is 105 Å². The van der Waals surface area contributed by atoms with Crippen molar-refractivity contribution in [2.24, 2.45) is 0 Å². The minimum absolute atomic E-state index is 0.0530. The van der Waals surface area contributed by atoms with E-state index in [1.165, 1.54) is 30.3 Å². The predicted molar refractivity (Wildman–Crippen MR) is 121 cm³/mol. The Bertz CT molecular complexity index is 1160. The standard InChI is InChI=1S/C25H23NO7/c1-3-31-22-14-11-18(15-23(22)32-4-2)24(27)20-7-5-6-8-21(20)25(28)33-16-17-9-12-19(13-10-17)26(29)30/h5-15H,3-4,16H2,1-2H3. The Labute approximate surface area is 190 Å². The number of carbonyl (C=O) groups is 2. The highest BCUT2D eigenvalue weighted by Gasteiger charge is 2.21. The summed E-state index contributed by atoms with van der Waals surface area (Å²) in [6.45, 7) is 4.46. The van der Waals surface area contributed by atoms with Crippen molar-refractivity contribution in [1.29, 1.82) is 0 Å². The van der Waals surface area contributed by atoms with Crippen molar-refractivity contribution in [3.8, 4) is 11.5 Å². The Hall–Kier alpha value is -4.20. The molecule has 8 nitrogen and oxygen atoms in total. The van der Waals surface area contributed by atoms with Gasteiger partial charge in [0.2, 0.25) is 0 Å². The molecule has 0 N–H and O–H groups in total. The molecule has 33 heavy (non-hydrogen) atoms. The first-order chi connectivity index (χ1) is 15.9. The molecule has 0 aromatic heterocycles. The zero-order chi connectivity index (χ0) is 23.8. The normalized spacial score (nSPS) is 10.4. The van der Waals surface area contributed by atoms with Crippen molar-refractivity contribution in [3.63, 3.8) is 0 Å². The summed E-state index contributed by atoms with van der Waals surface area (Å²) in [5, 5.41) is 10.8. The van der Waals surface area contributed by atoms with Gasteiger partial charge < -0.3 is 14.2 Å². The van der Waals surface area contributed by atoms with E-state index < -0.39 is 10.9 Å². The number of non-ortho nitro benzene ring substituents is 1. The van der Waals surface area contributed by atoms with E-state index in [1.807, 2.05) is 13.8 Å². The first-order valence-corrected chi connectivity index (χ1v) is 10.4. The van der Waals surface area contributed by atoms with Crippen LogP contribution in [0.15, 0.2) is 66.7 Å². The van der Waals surface area contributed by atoms with Crippen LogP contribution in [0.4, 0.5) is 5.69 Å². The van der Waals surface area contributed by atoms with E-state index in [0.29, 0.717) is 35.8 Å². The minimum atomic E-state index is -0.673. The van der Waals surface area contributed by atoms with Gasteiger partial charge in [0.25, 0.3) is 5.69 Å². The molecule has 3 aromatic carbocycles. The van der Waals surface area contributed by atoms with E-state index >= 15 is 0 Å². The third-order valence-corrected chi connectivity index (χ3v) is 4.71. The van der Waals surface area contributed by atoms with E-state index in [0.717, 1.165) is 0 Å². The number of nitro benzene ring substituents is 1. The van der Waals surface area contributed by atoms with E-state index in [9.17, 15) is 19.7 Å². The molecule has 0 aliphatic heterocycles. The summed E-state index contributed by atoms with van der Waals surface area (Å²) in [7, 11) is 0. The number of nitrogens with zero attached hydrogens (tertiary/aromatic N) is 1.